The van der Waals surface area contributed by atoms with Gasteiger partial charge in [-0.05, 0) is 0 Å². The zero-order chi connectivity index (χ0) is 16.4. The summed E-state index contributed by atoms with van der Waals surface area (Å²) in [5.74, 6) is 2.57. The summed E-state index contributed by atoms with van der Waals surface area (Å²) >= 11 is -0.00278. The number of imide groups is 1. The number of fused-ring (bicyclic) bond motifs is 1. The van der Waals surface area contributed by atoms with Crippen LogP contribution in [0.25, 0.3) is 0 Å². The van der Waals surface area contributed by atoms with Crippen molar-refractivity contribution in [2.24, 2.45) is 0 Å². The first-order valence-corrected chi connectivity index (χ1v) is 8.94. The van der Waals surface area contributed by atoms with Crippen LogP contribution < -0.4 is 4.46 Å². The monoisotopic (exact) mass is 369 g/mol. The van der Waals surface area contributed by atoms with E-state index in [1.807, 2.05) is 44.2 Å². The summed E-state index contributed by atoms with van der Waals surface area (Å²) in [4.78, 5) is 29.5. The molecule has 0 spiro atoms. The molecule has 2 aromatic carbocycles. The zero-order valence-corrected chi connectivity index (χ0v) is 14.6. The topological polar surface area (TPSA) is 37.4 Å². The fraction of sp³-hybridized carbons (Fsp3) is 0.158. The molecule has 114 valence electrons. The van der Waals surface area contributed by atoms with Crippen LogP contribution in [0.15, 0.2) is 54.6 Å². The van der Waals surface area contributed by atoms with Gasteiger partial charge in [-0.3, -0.25) is 0 Å². The first kappa shape index (κ1) is 15.6. The van der Waals surface area contributed by atoms with Crippen molar-refractivity contribution < 1.29 is 9.59 Å². The van der Waals surface area contributed by atoms with Crippen molar-refractivity contribution in [2.75, 3.05) is 0 Å². The number of carbonyl (C=O) groups is 2. The Morgan fingerprint density at radius 2 is 1.39 bits per heavy atom. The van der Waals surface area contributed by atoms with Gasteiger partial charge in [0.2, 0.25) is 0 Å². The van der Waals surface area contributed by atoms with Crippen LogP contribution in [0.2, 0.25) is 0 Å². The predicted octanol–water partition coefficient (Wildman–Crippen LogP) is 2.05. The molecule has 3 rings (SSSR count). The van der Waals surface area contributed by atoms with E-state index in [9.17, 15) is 9.59 Å². The van der Waals surface area contributed by atoms with Gasteiger partial charge in [0, 0.05) is 0 Å². The Morgan fingerprint density at radius 1 is 0.870 bits per heavy atom. The van der Waals surface area contributed by atoms with Crippen LogP contribution in [0.3, 0.4) is 0 Å². The normalized spacial score (nSPS) is 13.6. The van der Waals surface area contributed by atoms with Gasteiger partial charge in [0.1, 0.15) is 0 Å². The molecule has 1 aliphatic rings. The third kappa shape index (κ3) is 2.94. The number of amides is 2. The molecule has 3 nitrogen and oxygen atoms in total. The van der Waals surface area contributed by atoms with Gasteiger partial charge in [0.05, 0.1) is 0 Å². The standard InChI is InChI=1S/C19H15NO2Se/c1-19(2,12-13-23-14-8-4-3-5-9-14)20-17(21)15-10-6-7-11-16(15)18(20)22/h3-11H,1-2H3. The van der Waals surface area contributed by atoms with Gasteiger partial charge in [-0.15, -0.1) is 0 Å². The number of carbonyl (C=O) groups excluding carboxylic acids is 2. The van der Waals surface area contributed by atoms with Crippen LogP contribution in [0.1, 0.15) is 34.6 Å². The van der Waals surface area contributed by atoms with Gasteiger partial charge in [0.25, 0.3) is 0 Å². The Balaban J connectivity index is 1.84. The van der Waals surface area contributed by atoms with Crippen LogP contribution in [0.5, 0.6) is 0 Å². The maximum absolute atomic E-state index is 12.5. The molecule has 0 aromatic heterocycles. The van der Waals surface area contributed by atoms with Crippen LogP contribution in [0, 0.1) is 10.7 Å². The van der Waals surface area contributed by atoms with E-state index in [2.05, 4.69) is 10.7 Å². The number of benzene rings is 2. The van der Waals surface area contributed by atoms with Crippen LogP contribution in [0.4, 0.5) is 0 Å². The Kier molecular flexibility index (Phi) is 4.08. The van der Waals surface area contributed by atoms with Gasteiger partial charge in [-0.2, -0.15) is 0 Å². The van der Waals surface area contributed by atoms with Crippen molar-refractivity contribution in [1.29, 1.82) is 0 Å². The molecule has 2 amide bonds. The quantitative estimate of drug-likeness (QED) is 0.462. The second-order valence-corrected chi connectivity index (χ2v) is 7.54. The molecule has 0 N–H and O–H groups in total. The molecule has 0 bridgehead atoms. The minimum atomic E-state index is -0.830. The van der Waals surface area contributed by atoms with Gasteiger partial charge in [0.15, 0.2) is 0 Å². The summed E-state index contributed by atoms with van der Waals surface area (Å²) in [7, 11) is 0. The van der Waals surface area contributed by atoms with Crippen molar-refractivity contribution in [3.8, 4) is 10.7 Å². The predicted molar refractivity (Wildman–Crippen MR) is 90.6 cm³/mol. The molecule has 2 aromatic rings. The van der Waals surface area contributed by atoms with E-state index in [1.54, 1.807) is 24.3 Å². The van der Waals surface area contributed by atoms with Gasteiger partial charge in [-0.1, -0.05) is 0 Å². The molecule has 1 heterocycles. The molecule has 1 aliphatic heterocycles. The summed E-state index contributed by atoms with van der Waals surface area (Å²) in [6.45, 7) is 3.62. The van der Waals surface area contributed by atoms with Crippen molar-refractivity contribution >= 4 is 31.2 Å². The van der Waals surface area contributed by atoms with Crippen molar-refractivity contribution in [1.82, 2.24) is 4.90 Å². The first-order chi connectivity index (χ1) is 11.0. The molecule has 0 saturated carbocycles. The maximum atomic E-state index is 12.5. The molecule has 0 aliphatic carbocycles. The average Bonchev–Trinajstić information content (AvgIpc) is 2.81. The molecular formula is C19H15NO2Se. The summed E-state index contributed by atoms with van der Waals surface area (Å²) in [5.41, 5.74) is 0.0888. The summed E-state index contributed by atoms with van der Waals surface area (Å²) < 4.78 is 1.17. The van der Waals surface area contributed by atoms with Crippen molar-refractivity contribution in [3.05, 3.63) is 65.7 Å². The third-order valence-corrected chi connectivity index (χ3v) is 5.12. The molecule has 0 saturated heterocycles. The van der Waals surface area contributed by atoms with Gasteiger partial charge in [-0.25, -0.2) is 0 Å². The molecule has 0 unspecified atom stereocenters. The Labute approximate surface area is 141 Å². The van der Waals surface area contributed by atoms with E-state index >= 15 is 0 Å². The summed E-state index contributed by atoms with van der Waals surface area (Å²) in [6, 6.07) is 16.9. The molecule has 0 radical (unpaired) electrons. The Hall–Kier alpha value is -2.34. The number of nitrogens with zero attached hydrogens (tertiary/aromatic N) is 1. The van der Waals surface area contributed by atoms with E-state index in [1.165, 1.54) is 9.36 Å². The summed E-state index contributed by atoms with van der Waals surface area (Å²) in [6.07, 6.45) is 0. The van der Waals surface area contributed by atoms with Crippen LogP contribution in [-0.4, -0.2) is 37.2 Å². The Bertz CT molecular complexity index is 796. The molecule has 0 atom stereocenters. The van der Waals surface area contributed by atoms with E-state index < -0.39 is 5.54 Å². The average molecular weight is 368 g/mol. The minimum absolute atomic E-state index is 0.00278. The van der Waals surface area contributed by atoms with E-state index in [-0.39, 0.29) is 26.8 Å². The number of hydrogen-bond acceptors (Lipinski definition) is 2. The van der Waals surface area contributed by atoms with E-state index in [0.29, 0.717) is 11.1 Å². The second kappa shape index (κ2) is 6.04. The molecule has 23 heavy (non-hydrogen) atoms. The fourth-order valence-corrected chi connectivity index (χ4v) is 3.94. The first-order valence-electron chi connectivity index (χ1n) is 7.23. The summed E-state index contributed by atoms with van der Waals surface area (Å²) in [5, 5.41) is 0. The Morgan fingerprint density at radius 3 is 1.96 bits per heavy atom. The SMILES string of the molecule is CC(C)(C#C[Se]c1ccccc1)N1C(=O)c2ccccc2C1=O. The number of rotatable bonds is 2. The van der Waals surface area contributed by atoms with Gasteiger partial charge < -0.3 is 0 Å². The zero-order valence-electron chi connectivity index (χ0n) is 12.9. The van der Waals surface area contributed by atoms with E-state index in [0.717, 1.165) is 0 Å². The number of hydrogen-bond donors (Lipinski definition) is 0. The van der Waals surface area contributed by atoms with Crippen molar-refractivity contribution in [2.45, 2.75) is 19.4 Å². The third-order valence-electron chi connectivity index (χ3n) is 3.62. The molecule has 4 heteroatoms. The van der Waals surface area contributed by atoms with Crippen molar-refractivity contribution in [3.63, 3.8) is 0 Å². The van der Waals surface area contributed by atoms with Crippen LogP contribution >= 0.6 is 0 Å². The molecule has 0 fully saturated rings. The molecular weight excluding hydrogens is 353 g/mol. The van der Waals surface area contributed by atoms with Crippen LogP contribution in [-0.2, 0) is 0 Å². The fourth-order valence-electron chi connectivity index (χ4n) is 2.45. The second-order valence-electron chi connectivity index (χ2n) is 5.69. The van der Waals surface area contributed by atoms with Gasteiger partial charge >= 0.3 is 142 Å². The van der Waals surface area contributed by atoms with E-state index in [4.69, 9.17) is 0 Å².